The fraction of sp³-hybridized carbons (Fsp3) is 0.0769. The number of carbonyl (C=O) groups excluding carboxylic acids is 1. The highest BCUT2D eigenvalue weighted by molar-refractivity contribution is 6.44. The van der Waals surface area contributed by atoms with Crippen LogP contribution in [-0.2, 0) is 11.3 Å². The summed E-state index contributed by atoms with van der Waals surface area (Å²) < 4.78 is 2.09. The minimum atomic E-state index is -0.580. The summed E-state index contributed by atoms with van der Waals surface area (Å²) in [6.45, 7) is 2.44. The summed E-state index contributed by atoms with van der Waals surface area (Å²) in [4.78, 5) is 12.9. The molecule has 1 heterocycles. The average Bonchev–Trinajstić information content (AvgIpc) is 3.07. The zero-order valence-electron chi connectivity index (χ0n) is 17.9. The minimum absolute atomic E-state index is 0.0634. The number of nitrogens with zero attached hydrogens (tertiary/aromatic N) is 2. The molecule has 170 valence electrons. The van der Waals surface area contributed by atoms with E-state index in [0.717, 1.165) is 27.7 Å². The lowest BCUT2D eigenvalue weighted by molar-refractivity contribution is -0.112. The topological polar surface area (TPSA) is 57.8 Å². The molecule has 0 fully saturated rings. The number of aromatic nitrogens is 1. The molecule has 0 spiro atoms. The van der Waals surface area contributed by atoms with Crippen LogP contribution < -0.4 is 5.32 Å². The van der Waals surface area contributed by atoms with E-state index in [2.05, 4.69) is 9.88 Å². The molecule has 4 aromatic rings. The lowest BCUT2D eigenvalue weighted by Crippen LogP contribution is -2.14. The Morgan fingerprint density at radius 1 is 1.03 bits per heavy atom. The smallest absolute Gasteiger partial charge is 0.266 e. The molecule has 8 heteroatoms. The highest BCUT2D eigenvalue weighted by Gasteiger charge is 2.18. The van der Waals surface area contributed by atoms with Crippen LogP contribution >= 0.6 is 46.4 Å². The Kier molecular flexibility index (Phi) is 7.21. The van der Waals surface area contributed by atoms with E-state index >= 15 is 0 Å². The molecule has 1 N–H and O–H groups in total. The van der Waals surface area contributed by atoms with E-state index in [1.807, 2.05) is 43.3 Å². The summed E-state index contributed by atoms with van der Waals surface area (Å²) >= 11 is 24.7. The van der Waals surface area contributed by atoms with E-state index in [-0.39, 0.29) is 10.6 Å². The zero-order valence-corrected chi connectivity index (χ0v) is 20.9. The molecule has 3 aromatic carbocycles. The van der Waals surface area contributed by atoms with Gasteiger partial charge in [0.25, 0.3) is 5.91 Å². The molecule has 4 rings (SSSR count). The number of anilines is 1. The zero-order chi connectivity index (χ0) is 24.4. The summed E-state index contributed by atoms with van der Waals surface area (Å²) in [5, 5.41) is 15.0. The largest absolute Gasteiger partial charge is 0.340 e. The highest BCUT2D eigenvalue weighted by Crippen LogP contribution is 2.32. The predicted molar refractivity (Wildman–Crippen MR) is 141 cm³/mol. The van der Waals surface area contributed by atoms with Gasteiger partial charge in [-0.15, -0.1) is 0 Å². The van der Waals surface area contributed by atoms with Gasteiger partial charge in [0.1, 0.15) is 11.6 Å². The van der Waals surface area contributed by atoms with Gasteiger partial charge >= 0.3 is 0 Å². The molecule has 0 atom stereocenters. The summed E-state index contributed by atoms with van der Waals surface area (Å²) in [7, 11) is 0. The first kappa shape index (κ1) is 24.2. The third-order valence-corrected chi connectivity index (χ3v) is 6.88. The van der Waals surface area contributed by atoms with Gasteiger partial charge in [0.2, 0.25) is 0 Å². The molecule has 0 saturated carbocycles. The maximum absolute atomic E-state index is 12.9. The summed E-state index contributed by atoms with van der Waals surface area (Å²) in [5.74, 6) is -0.580. The van der Waals surface area contributed by atoms with Gasteiger partial charge in [-0.2, -0.15) is 5.26 Å². The molecular formula is C26H17Cl4N3O. The van der Waals surface area contributed by atoms with Crippen LogP contribution in [0.3, 0.4) is 0 Å². The fourth-order valence-corrected chi connectivity index (χ4v) is 4.56. The standard InChI is InChI=1S/C26H17Cl4N3O/c1-15-20(11-17(13-31)26(34)32-23-7-4-6-21(28)25(23)30)19-5-2-3-8-24(19)33(15)14-16-9-10-18(27)12-22(16)29/h2-12H,14H2,1H3,(H,32,34)/b17-11-. The Hall–Kier alpha value is -2.94. The van der Waals surface area contributed by atoms with Crippen LogP contribution in [0.15, 0.2) is 66.2 Å². The number of rotatable bonds is 5. The number of benzene rings is 3. The second kappa shape index (κ2) is 10.1. The van der Waals surface area contributed by atoms with Gasteiger partial charge in [-0.1, -0.05) is 76.7 Å². The molecule has 34 heavy (non-hydrogen) atoms. The predicted octanol–water partition coefficient (Wildman–Crippen LogP) is 8.16. The van der Waals surface area contributed by atoms with Crippen molar-refractivity contribution in [2.75, 3.05) is 5.32 Å². The monoisotopic (exact) mass is 527 g/mol. The van der Waals surface area contributed by atoms with E-state index in [4.69, 9.17) is 46.4 Å². The van der Waals surface area contributed by atoms with Crippen molar-refractivity contribution in [2.45, 2.75) is 13.5 Å². The maximum Gasteiger partial charge on any atom is 0.266 e. The third kappa shape index (κ3) is 4.80. The number of nitriles is 1. The lowest BCUT2D eigenvalue weighted by atomic mass is 10.1. The number of hydrogen-bond acceptors (Lipinski definition) is 2. The molecule has 1 amide bonds. The highest BCUT2D eigenvalue weighted by atomic mass is 35.5. The van der Waals surface area contributed by atoms with Crippen molar-refractivity contribution >= 4 is 75.0 Å². The quantitative estimate of drug-likeness (QED) is 0.210. The van der Waals surface area contributed by atoms with Gasteiger partial charge < -0.3 is 9.88 Å². The molecule has 0 aliphatic rings. The van der Waals surface area contributed by atoms with Gasteiger partial charge in [0.15, 0.2) is 0 Å². The first-order valence-corrected chi connectivity index (χ1v) is 11.7. The van der Waals surface area contributed by atoms with E-state index in [0.29, 0.717) is 27.3 Å². The van der Waals surface area contributed by atoms with Crippen LogP contribution in [0.1, 0.15) is 16.8 Å². The van der Waals surface area contributed by atoms with Crippen molar-refractivity contribution in [3.63, 3.8) is 0 Å². The van der Waals surface area contributed by atoms with Crippen LogP contribution in [0.2, 0.25) is 20.1 Å². The first-order chi connectivity index (χ1) is 16.3. The van der Waals surface area contributed by atoms with Crippen LogP contribution in [0.4, 0.5) is 5.69 Å². The molecule has 0 bridgehead atoms. The van der Waals surface area contributed by atoms with Crippen molar-refractivity contribution in [3.05, 3.63) is 103 Å². The number of amides is 1. The average molecular weight is 529 g/mol. The van der Waals surface area contributed by atoms with Gasteiger partial charge in [-0.25, -0.2) is 0 Å². The van der Waals surface area contributed by atoms with E-state index < -0.39 is 5.91 Å². The Labute approximate surface area is 216 Å². The number of carbonyl (C=O) groups is 1. The Morgan fingerprint density at radius 3 is 2.53 bits per heavy atom. The second-order valence-electron chi connectivity index (χ2n) is 7.56. The van der Waals surface area contributed by atoms with E-state index in [1.165, 1.54) is 0 Å². The van der Waals surface area contributed by atoms with Crippen molar-refractivity contribution < 1.29 is 4.79 Å². The van der Waals surface area contributed by atoms with Gasteiger partial charge in [-0.3, -0.25) is 4.79 Å². The molecule has 1 aromatic heterocycles. The van der Waals surface area contributed by atoms with Crippen molar-refractivity contribution in [2.24, 2.45) is 0 Å². The number of halogens is 4. The second-order valence-corrected chi connectivity index (χ2v) is 9.19. The van der Waals surface area contributed by atoms with Crippen LogP contribution in [0.25, 0.3) is 17.0 Å². The summed E-state index contributed by atoms with van der Waals surface area (Å²) in [6, 6.07) is 20.1. The lowest BCUT2D eigenvalue weighted by Gasteiger charge is -2.11. The van der Waals surface area contributed by atoms with Gasteiger partial charge in [0.05, 0.1) is 15.7 Å². The molecule has 0 aliphatic heterocycles. The SMILES string of the molecule is Cc1c(/C=C(/C#N)C(=O)Nc2cccc(Cl)c2Cl)c2ccccc2n1Cc1ccc(Cl)cc1Cl. The molecule has 0 radical (unpaired) electrons. The van der Waals surface area contributed by atoms with E-state index in [9.17, 15) is 10.1 Å². The van der Waals surface area contributed by atoms with Crippen LogP contribution in [-0.4, -0.2) is 10.5 Å². The number of fused-ring (bicyclic) bond motifs is 1. The fourth-order valence-electron chi connectivity index (χ4n) is 3.75. The molecule has 0 saturated heterocycles. The maximum atomic E-state index is 12.9. The summed E-state index contributed by atoms with van der Waals surface area (Å²) in [6.07, 6.45) is 1.59. The van der Waals surface area contributed by atoms with Crippen molar-refractivity contribution in [1.29, 1.82) is 5.26 Å². The van der Waals surface area contributed by atoms with E-state index in [1.54, 1.807) is 36.4 Å². The van der Waals surface area contributed by atoms with Crippen LogP contribution in [0.5, 0.6) is 0 Å². The van der Waals surface area contributed by atoms with Gasteiger partial charge in [-0.05, 0) is 48.9 Å². The minimum Gasteiger partial charge on any atom is -0.340 e. The molecular weight excluding hydrogens is 512 g/mol. The summed E-state index contributed by atoms with van der Waals surface area (Å²) in [5.41, 5.74) is 3.77. The molecule has 4 nitrogen and oxygen atoms in total. The number of hydrogen-bond donors (Lipinski definition) is 1. The van der Waals surface area contributed by atoms with Gasteiger partial charge in [0, 0.05) is 38.8 Å². The van der Waals surface area contributed by atoms with Crippen molar-refractivity contribution in [1.82, 2.24) is 4.57 Å². The molecule has 0 aliphatic carbocycles. The van der Waals surface area contributed by atoms with Crippen molar-refractivity contribution in [3.8, 4) is 6.07 Å². The Bertz CT molecular complexity index is 1500. The normalized spacial score (nSPS) is 11.5. The van der Waals surface area contributed by atoms with Crippen LogP contribution in [0, 0.1) is 18.3 Å². The number of para-hydroxylation sites is 1. The first-order valence-electron chi connectivity index (χ1n) is 10.2. The third-order valence-electron chi connectivity index (χ3n) is 5.48. The Morgan fingerprint density at radius 2 is 1.79 bits per heavy atom. The number of nitrogens with one attached hydrogen (secondary N) is 1. The Balaban J connectivity index is 1.76. The molecule has 0 unspecified atom stereocenters.